The largest absolute Gasteiger partial charge is 0.372 e. The van der Waals surface area contributed by atoms with Gasteiger partial charge in [0.15, 0.2) is 5.11 Å². The second-order valence-electron chi connectivity index (χ2n) is 3.60. The molecule has 0 saturated carbocycles. The Morgan fingerprint density at radius 2 is 1.90 bits per heavy atom. The minimum atomic E-state index is -0.512. The molecule has 1 aromatic carbocycles. The number of carbonyl (C=O) groups excluding carboxylic acids is 2. The van der Waals surface area contributed by atoms with Crippen LogP contribution >= 0.6 is 12.2 Å². The summed E-state index contributed by atoms with van der Waals surface area (Å²) < 4.78 is 17.6. The van der Waals surface area contributed by atoms with Crippen molar-refractivity contribution >= 4 is 29.1 Å². The van der Waals surface area contributed by atoms with Gasteiger partial charge < -0.3 is 4.74 Å². The lowest BCUT2D eigenvalue weighted by Gasteiger charge is -2.10. The van der Waals surface area contributed by atoms with Crippen LogP contribution < -0.4 is 16.2 Å². The number of halogens is 1. The molecule has 0 bridgehead atoms. The summed E-state index contributed by atoms with van der Waals surface area (Å²) in [6, 6.07) is 4.96. The van der Waals surface area contributed by atoms with E-state index in [2.05, 4.69) is 16.2 Å². The summed E-state index contributed by atoms with van der Waals surface area (Å²) in [5.41, 5.74) is 4.85. The van der Waals surface area contributed by atoms with Crippen molar-refractivity contribution in [3.8, 4) is 0 Å². The predicted octanol–water partition coefficient (Wildman–Crippen LogP) is 0.498. The van der Waals surface area contributed by atoms with Crippen LogP contribution in [0.2, 0.25) is 0 Å². The third kappa shape index (κ3) is 5.72. The van der Waals surface area contributed by atoms with Gasteiger partial charge in [-0.25, -0.2) is 4.39 Å². The van der Waals surface area contributed by atoms with E-state index in [1.807, 2.05) is 0 Å². The fourth-order valence-electron chi connectivity index (χ4n) is 1.17. The minimum Gasteiger partial charge on any atom is -0.372 e. The maximum absolute atomic E-state index is 12.7. The van der Waals surface area contributed by atoms with Gasteiger partial charge in [-0.3, -0.25) is 25.8 Å². The number of benzene rings is 1. The molecule has 1 aromatic rings. The van der Waals surface area contributed by atoms with Crippen LogP contribution in [0.15, 0.2) is 24.3 Å². The zero-order chi connectivity index (χ0) is 15.0. The van der Waals surface area contributed by atoms with Crippen molar-refractivity contribution in [3.63, 3.8) is 0 Å². The smallest absolute Gasteiger partial charge is 0.264 e. The molecular formula is C12H14FN3O3S. The Morgan fingerprint density at radius 3 is 2.50 bits per heavy atom. The van der Waals surface area contributed by atoms with E-state index in [0.717, 1.165) is 12.1 Å². The van der Waals surface area contributed by atoms with Gasteiger partial charge in [0.1, 0.15) is 12.4 Å². The highest BCUT2D eigenvalue weighted by Crippen LogP contribution is 2.02. The fraction of sp³-hybridized carbons (Fsp3) is 0.250. The van der Waals surface area contributed by atoms with Gasteiger partial charge >= 0.3 is 0 Å². The number of hydrogen-bond acceptors (Lipinski definition) is 4. The average molecular weight is 299 g/mol. The van der Waals surface area contributed by atoms with Crippen LogP contribution in [0.4, 0.5) is 4.39 Å². The SMILES string of the molecule is CCOCC(=O)NNC(=S)NC(=O)c1ccc(F)cc1. The van der Waals surface area contributed by atoms with Crippen LogP contribution in [0.5, 0.6) is 0 Å². The fourth-order valence-corrected chi connectivity index (χ4v) is 1.31. The summed E-state index contributed by atoms with van der Waals surface area (Å²) in [6.45, 7) is 2.06. The first kappa shape index (κ1) is 16.0. The molecule has 8 heteroatoms. The van der Waals surface area contributed by atoms with Crippen LogP contribution in [0, 0.1) is 5.82 Å². The van der Waals surface area contributed by atoms with Crippen LogP contribution in [-0.2, 0) is 9.53 Å². The molecule has 3 N–H and O–H groups in total. The second kappa shape index (κ2) is 8.18. The number of thiocarbonyl (C=S) groups is 1. The standard InChI is InChI=1S/C12H14FN3O3S/c1-2-19-7-10(17)15-16-12(20)14-11(18)8-3-5-9(13)6-4-8/h3-6H,2,7H2,1H3,(H,15,17)(H2,14,16,18,20). The zero-order valence-electron chi connectivity index (χ0n) is 10.7. The molecule has 0 fully saturated rings. The average Bonchev–Trinajstić information content (AvgIpc) is 2.43. The van der Waals surface area contributed by atoms with E-state index >= 15 is 0 Å². The molecule has 0 heterocycles. The van der Waals surface area contributed by atoms with Crippen molar-refractivity contribution in [2.24, 2.45) is 0 Å². The predicted molar refractivity (Wildman–Crippen MR) is 74.2 cm³/mol. The Balaban J connectivity index is 2.36. The summed E-state index contributed by atoms with van der Waals surface area (Å²) >= 11 is 4.81. The maximum atomic E-state index is 12.7. The Morgan fingerprint density at radius 1 is 1.25 bits per heavy atom. The molecule has 1 rings (SSSR count). The summed E-state index contributed by atoms with van der Waals surface area (Å²) in [5.74, 6) is -1.38. The summed E-state index contributed by atoms with van der Waals surface area (Å²) in [6.07, 6.45) is 0. The van der Waals surface area contributed by atoms with Gasteiger partial charge in [-0.15, -0.1) is 0 Å². The van der Waals surface area contributed by atoms with Gasteiger partial charge in [0.2, 0.25) is 0 Å². The summed E-state index contributed by atoms with van der Waals surface area (Å²) in [7, 11) is 0. The minimum absolute atomic E-state index is 0.0795. The van der Waals surface area contributed by atoms with E-state index in [1.54, 1.807) is 6.92 Å². The Bertz CT molecular complexity index is 493. The van der Waals surface area contributed by atoms with Crippen LogP contribution in [0.1, 0.15) is 17.3 Å². The van der Waals surface area contributed by atoms with Crippen LogP contribution in [0.25, 0.3) is 0 Å². The van der Waals surface area contributed by atoms with E-state index in [1.165, 1.54) is 12.1 Å². The molecular weight excluding hydrogens is 285 g/mol. The molecule has 0 aliphatic carbocycles. The highest BCUT2D eigenvalue weighted by molar-refractivity contribution is 7.80. The third-order valence-corrected chi connectivity index (χ3v) is 2.29. The lowest BCUT2D eigenvalue weighted by atomic mass is 10.2. The van der Waals surface area contributed by atoms with E-state index < -0.39 is 17.6 Å². The molecule has 0 aliphatic rings. The van der Waals surface area contributed by atoms with Crippen molar-refractivity contribution in [1.82, 2.24) is 16.2 Å². The maximum Gasteiger partial charge on any atom is 0.264 e. The molecule has 0 saturated heterocycles. The number of carbonyl (C=O) groups is 2. The van der Waals surface area contributed by atoms with Crippen LogP contribution in [-0.4, -0.2) is 30.1 Å². The molecule has 0 aromatic heterocycles. The molecule has 0 spiro atoms. The highest BCUT2D eigenvalue weighted by Gasteiger charge is 2.08. The van der Waals surface area contributed by atoms with Gasteiger partial charge in [0.25, 0.3) is 11.8 Å². The van der Waals surface area contributed by atoms with E-state index in [0.29, 0.717) is 6.61 Å². The first-order valence-electron chi connectivity index (χ1n) is 5.76. The third-order valence-electron chi connectivity index (χ3n) is 2.09. The number of hydrazine groups is 1. The number of nitrogens with one attached hydrogen (secondary N) is 3. The molecule has 0 aliphatic heterocycles. The monoisotopic (exact) mass is 299 g/mol. The highest BCUT2D eigenvalue weighted by atomic mass is 32.1. The molecule has 108 valence electrons. The number of hydrogen-bond donors (Lipinski definition) is 3. The van der Waals surface area contributed by atoms with Gasteiger partial charge in [0.05, 0.1) is 0 Å². The van der Waals surface area contributed by atoms with Crippen molar-refractivity contribution in [3.05, 3.63) is 35.6 Å². The van der Waals surface area contributed by atoms with Gasteiger partial charge in [0, 0.05) is 12.2 Å². The molecule has 0 unspecified atom stereocenters. The molecule has 0 radical (unpaired) electrons. The Labute approximate surface area is 120 Å². The summed E-state index contributed by atoms with van der Waals surface area (Å²) in [4.78, 5) is 22.9. The molecule has 0 atom stereocenters. The van der Waals surface area contributed by atoms with E-state index in [4.69, 9.17) is 17.0 Å². The lowest BCUT2D eigenvalue weighted by Crippen LogP contribution is -2.49. The topological polar surface area (TPSA) is 79.5 Å². The van der Waals surface area contributed by atoms with E-state index in [-0.39, 0.29) is 17.3 Å². The Hall–Kier alpha value is -2.06. The number of ether oxygens (including phenoxy) is 1. The lowest BCUT2D eigenvalue weighted by molar-refractivity contribution is -0.126. The Kier molecular flexibility index (Phi) is 6.54. The first-order valence-corrected chi connectivity index (χ1v) is 6.17. The van der Waals surface area contributed by atoms with Gasteiger partial charge in [-0.2, -0.15) is 0 Å². The quantitative estimate of drug-likeness (QED) is 0.557. The zero-order valence-corrected chi connectivity index (χ0v) is 11.6. The summed E-state index contributed by atoms with van der Waals surface area (Å²) in [5, 5.41) is 2.25. The molecule has 2 amide bonds. The second-order valence-corrected chi connectivity index (χ2v) is 4.01. The van der Waals surface area contributed by atoms with Crippen molar-refractivity contribution < 1.29 is 18.7 Å². The van der Waals surface area contributed by atoms with E-state index in [9.17, 15) is 14.0 Å². The number of rotatable bonds is 4. The number of amides is 2. The van der Waals surface area contributed by atoms with Crippen molar-refractivity contribution in [2.75, 3.05) is 13.2 Å². The van der Waals surface area contributed by atoms with Crippen molar-refractivity contribution in [1.29, 1.82) is 0 Å². The van der Waals surface area contributed by atoms with Crippen molar-refractivity contribution in [2.45, 2.75) is 6.92 Å². The molecule has 6 nitrogen and oxygen atoms in total. The normalized spacial score (nSPS) is 9.70. The van der Waals surface area contributed by atoms with Gasteiger partial charge in [-0.1, -0.05) is 0 Å². The molecule has 20 heavy (non-hydrogen) atoms. The van der Waals surface area contributed by atoms with Crippen LogP contribution in [0.3, 0.4) is 0 Å². The first-order chi connectivity index (χ1) is 9.52. The van der Waals surface area contributed by atoms with Gasteiger partial charge in [-0.05, 0) is 43.4 Å².